The average molecular weight is 234 g/mol. The van der Waals surface area contributed by atoms with Crippen molar-refractivity contribution < 1.29 is 5.11 Å². The van der Waals surface area contributed by atoms with Gasteiger partial charge >= 0.3 is 0 Å². The molecule has 0 spiro atoms. The van der Waals surface area contributed by atoms with E-state index in [9.17, 15) is 5.11 Å². The lowest BCUT2D eigenvalue weighted by atomic mass is 9.82. The molecule has 0 saturated heterocycles. The highest BCUT2D eigenvalue weighted by atomic mass is 16.3. The van der Waals surface area contributed by atoms with Gasteiger partial charge in [0.15, 0.2) is 0 Å². The Morgan fingerprint density at radius 3 is 2.65 bits per heavy atom. The normalized spacial score (nSPS) is 19.2. The zero-order chi connectivity index (χ0) is 12.3. The Bertz CT molecular complexity index is 372. The van der Waals surface area contributed by atoms with Gasteiger partial charge in [-0.15, -0.1) is 0 Å². The Labute approximate surface area is 103 Å². The molecule has 1 aliphatic carbocycles. The summed E-state index contributed by atoms with van der Waals surface area (Å²) in [5.74, 6) is 0.414. The Hall–Kier alpha value is -0.960. The van der Waals surface area contributed by atoms with Crippen LogP contribution >= 0.6 is 0 Å². The molecule has 0 radical (unpaired) electrons. The van der Waals surface area contributed by atoms with E-state index in [0.717, 1.165) is 36.2 Å². The van der Waals surface area contributed by atoms with Crippen LogP contribution in [0.1, 0.15) is 62.1 Å². The molecule has 3 heteroatoms. The quantitative estimate of drug-likeness (QED) is 0.874. The SMILES string of the molecule is CCc1nnc(C)cc1C(O)C1CCCCC1. The van der Waals surface area contributed by atoms with Crippen LogP contribution in [-0.2, 0) is 6.42 Å². The topological polar surface area (TPSA) is 46.0 Å². The van der Waals surface area contributed by atoms with E-state index < -0.39 is 0 Å². The predicted molar refractivity (Wildman–Crippen MR) is 67.7 cm³/mol. The second-order valence-corrected chi connectivity index (χ2v) is 5.08. The lowest BCUT2D eigenvalue weighted by Gasteiger charge is -2.27. The first-order valence-corrected chi connectivity index (χ1v) is 6.73. The van der Waals surface area contributed by atoms with Crippen LogP contribution in [-0.4, -0.2) is 15.3 Å². The summed E-state index contributed by atoms with van der Waals surface area (Å²) in [7, 11) is 0. The smallest absolute Gasteiger partial charge is 0.0837 e. The van der Waals surface area contributed by atoms with Gasteiger partial charge in [-0.1, -0.05) is 26.2 Å². The molecule has 0 aromatic carbocycles. The minimum Gasteiger partial charge on any atom is -0.388 e. The first kappa shape index (κ1) is 12.5. The molecule has 1 aromatic rings. The predicted octanol–water partition coefficient (Wildman–Crippen LogP) is 2.96. The van der Waals surface area contributed by atoms with Crippen LogP contribution in [0, 0.1) is 12.8 Å². The third-order valence-electron chi connectivity index (χ3n) is 3.78. The number of aryl methyl sites for hydroxylation is 2. The molecule has 1 unspecified atom stereocenters. The third kappa shape index (κ3) is 2.83. The minimum absolute atomic E-state index is 0.348. The average Bonchev–Trinajstić information content (AvgIpc) is 2.39. The number of hydrogen-bond acceptors (Lipinski definition) is 3. The fourth-order valence-corrected chi connectivity index (χ4v) is 2.77. The van der Waals surface area contributed by atoms with Gasteiger partial charge in [-0.25, -0.2) is 0 Å². The van der Waals surface area contributed by atoms with Crippen molar-refractivity contribution in [1.29, 1.82) is 0 Å². The van der Waals surface area contributed by atoms with Gasteiger partial charge in [0.25, 0.3) is 0 Å². The van der Waals surface area contributed by atoms with Crippen molar-refractivity contribution in [2.75, 3.05) is 0 Å². The fourth-order valence-electron chi connectivity index (χ4n) is 2.77. The summed E-state index contributed by atoms with van der Waals surface area (Å²) >= 11 is 0. The molecule has 1 N–H and O–H groups in total. The fraction of sp³-hybridized carbons (Fsp3) is 0.714. The number of aliphatic hydroxyl groups excluding tert-OH is 1. The Kier molecular flexibility index (Phi) is 4.11. The number of hydrogen-bond donors (Lipinski definition) is 1. The highest BCUT2D eigenvalue weighted by molar-refractivity contribution is 5.24. The number of aliphatic hydroxyl groups is 1. The van der Waals surface area contributed by atoms with E-state index >= 15 is 0 Å². The summed E-state index contributed by atoms with van der Waals surface area (Å²) in [6.07, 6.45) is 6.60. The van der Waals surface area contributed by atoms with Crippen LogP contribution in [0.15, 0.2) is 6.07 Å². The maximum absolute atomic E-state index is 10.5. The molecule has 1 heterocycles. The van der Waals surface area contributed by atoms with Crippen LogP contribution in [0.4, 0.5) is 0 Å². The second kappa shape index (κ2) is 5.58. The first-order valence-electron chi connectivity index (χ1n) is 6.73. The molecule has 1 aliphatic rings. The van der Waals surface area contributed by atoms with Crippen LogP contribution in [0.3, 0.4) is 0 Å². The molecule has 0 amide bonds. The zero-order valence-corrected chi connectivity index (χ0v) is 10.8. The van der Waals surface area contributed by atoms with Gasteiger partial charge in [-0.05, 0) is 38.2 Å². The van der Waals surface area contributed by atoms with Crippen molar-refractivity contribution >= 4 is 0 Å². The summed E-state index contributed by atoms with van der Waals surface area (Å²) in [5.41, 5.74) is 2.85. The summed E-state index contributed by atoms with van der Waals surface area (Å²) < 4.78 is 0. The summed E-state index contributed by atoms with van der Waals surface area (Å²) in [6.45, 7) is 4.00. The molecule has 0 bridgehead atoms. The van der Waals surface area contributed by atoms with Crippen LogP contribution in [0.2, 0.25) is 0 Å². The van der Waals surface area contributed by atoms with Crippen molar-refractivity contribution in [1.82, 2.24) is 10.2 Å². The monoisotopic (exact) mass is 234 g/mol. The van der Waals surface area contributed by atoms with Crippen LogP contribution in [0.5, 0.6) is 0 Å². The van der Waals surface area contributed by atoms with Crippen molar-refractivity contribution in [3.8, 4) is 0 Å². The van der Waals surface area contributed by atoms with Gasteiger partial charge in [0.05, 0.1) is 17.5 Å². The molecule has 94 valence electrons. The van der Waals surface area contributed by atoms with Crippen LogP contribution in [0.25, 0.3) is 0 Å². The summed E-state index contributed by atoms with van der Waals surface area (Å²) in [6, 6.07) is 2.01. The molecule has 1 fully saturated rings. The van der Waals surface area contributed by atoms with Crippen molar-refractivity contribution in [3.05, 3.63) is 23.0 Å². The van der Waals surface area contributed by atoms with Gasteiger partial charge in [-0.3, -0.25) is 0 Å². The van der Waals surface area contributed by atoms with Gasteiger partial charge in [-0.2, -0.15) is 10.2 Å². The molecule has 1 atom stereocenters. The van der Waals surface area contributed by atoms with E-state index in [4.69, 9.17) is 0 Å². The molecule has 2 rings (SSSR count). The van der Waals surface area contributed by atoms with E-state index in [1.54, 1.807) is 0 Å². The molecule has 0 aliphatic heterocycles. The molecule has 17 heavy (non-hydrogen) atoms. The Morgan fingerprint density at radius 2 is 2.00 bits per heavy atom. The van der Waals surface area contributed by atoms with Gasteiger partial charge in [0.2, 0.25) is 0 Å². The van der Waals surface area contributed by atoms with E-state index in [-0.39, 0.29) is 6.10 Å². The highest BCUT2D eigenvalue weighted by Gasteiger charge is 2.25. The summed E-state index contributed by atoms with van der Waals surface area (Å²) in [4.78, 5) is 0. The second-order valence-electron chi connectivity index (χ2n) is 5.08. The van der Waals surface area contributed by atoms with Crippen molar-refractivity contribution in [3.63, 3.8) is 0 Å². The van der Waals surface area contributed by atoms with Crippen LogP contribution < -0.4 is 0 Å². The molecule has 1 aromatic heterocycles. The number of aromatic nitrogens is 2. The largest absolute Gasteiger partial charge is 0.388 e. The minimum atomic E-state index is -0.348. The Morgan fingerprint density at radius 1 is 1.29 bits per heavy atom. The van der Waals surface area contributed by atoms with Gasteiger partial charge in [0, 0.05) is 5.56 Å². The third-order valence-corrected chi connectivity index (χ3v) is 3.78. The van der Waals surface area contributed by atoms with E-state index in [0.29, 0.717) is 5.92 Å². The number of nitrogens with zero attached hydrogens (tertiary/aromatic N) is 2. The molecule has 3 nitrogen and oxygen atoms in total. The molecular weight excluding hydrogens is 212 g/mol. The van der Waals surface area contributed by atoms with E-state index in [1.165, 1.54) is 19.3 Å². The maximum Gasteiger partial charge on any atom is 0.0837 e. The lowest BCUT2D eigenvalue weighted by Crippen LogP contribution is -2.18. The first-order chi connectivity index (χ1) is 8.22. The zero-order valence-electron chi connectivity index (χ0n) is 10.8. The van der Waals surface area contributed by atoms with Gasteiger partial charge in [0.1, 0.15) is 0 Å². The van der Waals surface area contributed by atoms with E-state index in [2.05, 4.69) is 17.1 Å². The highest BCUT2D eigenvalue weighted by Crippen LogP contribution is 2.35. The van der Waals surface area contributed by atoms with Gasteiger partial charge < -0.3 is 5.11 Å². The van der Waals surface area contributed by atoms with Crippen molar-refractivity contribution in [2.45, 2.75) is 58.5 Å². The van der Waals surface area contributed by atoms with Crippen molar-refractivity contribution in [2.24, 2.45) is 5.92 Å². The maximum atomic E-state index is 10.5. The lowest BCUT2D eigenvalue weighted by molar-refractivity contribution is 0.0835. The Balaban J connectivity index is 2.21. The standard InChI is InChI=1S/C14H22N2O/c1-3-13-12(9-10(2)15-16-13)14(17)11-7-5-4-6-8-11/h9,11,14,17H,3-8H2,1-2H3. The molecule has 1 saturated carbocycles. The molecular formula is C14H22N2O. The van der Waals surface area contributed by atoms with E-state index in [1.807, 2.05) is 13.0 Å². The number of rotatable bonds is 3. The summed E-state index contributed by atoms with van der Waals surface area (Å²) in [5, 5.41) is 18.8.